The number of halogens is 1. The molecule has 0 saturated carbocycles. The van der Waals surface area contributed by atoms with Crippen molar-refractivity contribution in [2.45, 2.75) is 76.9 Å². The van der Waals surface area contributed by atoms with Gasteiger partial charge in [-0.1, -0.05) is 12.1 Å². The lowest BCUT2D eigenvalue weighted by Crippen LogP contribution is -2.67. The molecule has 4 bridgehead atoms. The minimum atomic E-state index is -0.891. The average Bonchev–Trinajstić information content (AvgIpc) is 3.68. The second-order valence-electron chi connectivity index (χ2n) is 14.0. The van der Waals surface area contributed by atoms with Crippen LogP contribution >= 0.6 is 35.1 Å². The normalized spacial score (nSPS) is 28.4. The highest BCUT2D eigenvalue weighted by Crippen LogP contribution is 2.46. The van der Waals surface area contributed by atoms with Crippen LogP contribution in [-0.2, 0) is 0 Å². The van der Waals surface area contributed by atoms with Gasteiger partial charge < -0.3 is 10.8 Å². The van der Waals surface area contributed by atoms with E-state index >= 15 is 0 Å². The number of nitrogens with two attached hydrogens (primary N) is 1. The highest BCUT2D eigenvalue weighted by atomic mass is 35.5. The Morgan fingerprint density at radius 1 is 0.826 bits per heavy atom. The van der Waals surface area contributed by atoms with E-state index in [-0.39, 0.29) is 23.5 Å². The molecule has 11 heteroatoms. The summed E-state index contributed by atoms with van der Waals surface area (Å²) in [5, 5.41) is 10.6. The summed E-state index contributed by atoms with van der Waals surface area (Å²) in [4.78, 5) is 39.8. The molecule has 10 heterocycles. The first-order chi connectivity index (χ1) is 21.4. The molecule has 0 spiro atoms. The molecule has 0 aliphatic carbocycles. The van der Waals surface area contributed by atoms with E-state index in [2.05, 4.69) is 47.5 Å². The molecule has 4 aromatic rings. The fourth-order valence-electron chi connectivity index (χ4n) is 8.02. The van der Waals surface area contributed by atoms with Crippen molar-refractivity contribution in [2.24, 2.45) is 23.5 Å². The van der Waals surface area contributed by atoms with Crippen LogP contribution in [0.5, 0.6) is 0 Å². The van der Waals surface area contributed by atoms with E-state index in [4.69, 9.17) is 10.8 Å². The number of nitrogens with zero attached hydrogens (tertiary/aromatic N) is 4. The molecule has 0 radical (unpaired) electrons. The number of aromatic nitrogens is 2. The van der Waals surface area contributed by atoms with Gasteiger partial charge in [-0.05, 0) is 122 Å². The first kappa shape index (κ1) is 34.9. The molecule has 6 aliphatic heterocycles. The highest BCUT2D eigenvalue weighted by Gasteiger charge is 2.48. The fourth-order valence-corrected chi connectivity index (χ4v) is 9.81. The summed E-state index contributed by atoms with van der Waals surface area (Å²) in [6.45, 7) is 14.2. The molecule has 6 saturated heterocycles. The van der Waals surface area contributed by atoms with E-state index in [1.807, 2.05) is 24.3 Å². The molecular weight excluding hydrogens is 638 g/mol. The van der Waals surface area contributed by atoms with E-state index in [0.717, 1.165) is 37.1 Å². The molecule has 4 aromatic heterocycles. The fraction of sp³-hybridized carbons (Fsp3) is 0.543. The summed E-state index contributed by atoms with van der Waals surface area (Å²) in [7, 11) is 0. The lowest BCUT2D eigenvalue weighted by Gasteiger charge is -2.56. The molecule has 6 aliphatic rings. The van der Waals surface area contributed by atoms with Crippen molar-refractivity contribution in [1.82, 2.24) is 19.8 Å². The van der Waals surface area contributed by atoms with Gasteiger partial charge in [-0.15, -0.1) is 35.1 Å². The molecular formula is C35H46ClN5O3S2. The summed E-state index contributed by atoms with van der Waals surface area (Å²) in [5.74, 6) is 1.42. The van der Waals surface area contributed by atoms with Gasteiger partial charge in [-0.25, -0.2) is 14.8 Å². The second-order valence-corrected chi connectivity index (χ2v) is 16.1. The molecule has 3 N–H and O–H groups in total. The quantitative estimate of drug-likeness (QED) is 0.217. The van der Waals surface area contributed by atoms with Crippen LogP contribution in [0.4, 0.5) is 0 Å². The monoisotopic (exact) mass is 683 g/mol. The summed E-state index contributed by atoms with van der Waals surface area (Å²) in [5.41, 5.74) is 6.58. The largest absolute Gasteiger partial charge is 0.477 e. The van der Waals surface area contributed by atoms with Crippen molar-refractivity contribution < 1.29 is 14.7 Å². The number of thiophene rings is 2. The molecule has 0 aromatic carbocycles. The summed E-state index contributed by atoms with van der Waals surface area (Å²) in [6, 6.07) is 11.7. The first-order valence-electron chi connectivity index (χ1n) is 16.2. The van der Waals surface area contributed by atoms with E-state index in [1.54, 1.807) is 24.5 Å². The van der Waals surface area contributed by atoms with Crippen molar-refractivity contribution in [3.63, 3.8) is 0 Å². The van der Waals surface area contributed by atoms with Gasteiger partial charge in [0.05, 0.1) is 4.88 Å². The van der Waals surface area contributed by atoms with E-state index in [9.17, 15) is 9.59 Å². The number of piperidine rings is 6. The number of hydrogen-bond acceptors (Lipinski definition) is 9. The van der Waals surface area contributed by atoms with Gasteiger partial charge in [0, 0.05) is 46.7 Å². The van der Waals surface area contributed by atoms with Gasteiger partial charge in [0.25, 0.3) is 0 Å². The number of carbonyl (C=O) groups is 2. The van der Waals surface area contributed by atoms with E-state index in [0.29, 0.717) is 29.0 Å². The van der Waals surface area contributed by atoms with E-state index < -0.39 is 5.97 Å². The Kier molecular flexibility index (Phi) is 10.6. The summed E-state index contributed by atoms with van der Waals surface area (Å²) < 4.78 is 0. The Labute approximate surface area is 285 Å². The summed E-state index contributed by atoms with van der Waals surface area (Å²) >= 11 is 2.73. The van der Waals surface area contributed by atoms with Gasteiger partial charge >= 0.3 is 5.97 Å². The number of pyridine rings is 2. The third-order valence-corrected chi connectivity index (χ3v) is 13.1. The molecule has 0 unspecified atom stereocenters. The van der Waals surface area contributed by atoms with Gasteiger partial charge in [0.1, 0.15) is 14.5 Å². The Bertz CT molecular complexity index is 1600. The minimum Gasteiger partial charge on any atom is -0.477 e. The maximum absolute atomic E-state index is 12.8. The number of carboxylic acid groups (broad SMARTS) is 1. The van der Waals surface area contributed by atoms with Crippen LogP contribution in [0.2, 0.25) is 0 Å². The average molecular weight is 684 g/mol. The Morgan fingerprint density at radius 2 is 1.30 bits per heavy atom. The van der Waals surface area contributed by atoms with Crippen molar-refractivity contribution in [3.8, 4) is 0 Å². The molecule has 248 valence electrons. The Morgan fingerprint density at radius 3 is 1.74 bits per heavy atom. The SMILES string of the molecule is CC1(C)[C@@H](CC(=O)c2cc3cccnc3s2)C2CCN1CC2.CC1(C)[C@@H](N)C2CCN1CC2.Cl.O=C(O)c1cc2cccnc2s1. The van der Waals surface area contributed by atoms with Crippen LogP contribution in [0.15, 0.2) is 48.8 Å². The standard InChI is InChI=1S/C18H22N2OS.C9H18N2.C8H5NO2S.ClH/c1-18(2)14(12-5-8-20(18)9-6-12)11-15(21)16-10-13-4-3-7-19-17(13)22-16;1-9(2)8(10)7-3-5-11(9)6-4-7;10-8(11)6-4-5-2-1-3-9-7(5)12-6;/h3-4,7,10,12,14H,5-6,8-9,11H2,1-2H3;7-8H,3-6,10H2,1-2H3;1-4H,(H,10,11);1H/t14-;8-;;/m00../s1. The first-order valence-corrected chi connectivity index (χ1v) is 17.8. The van der Waals surface area contributed by atoms with Crippen LogP contribution in [0.25, 0.3) is 20.4 Å². The molecule has 2 atom stereocenters. The number of fused-ring (bicyclic) bond motifs is 8. The predicted octanol–water partition coefficient (Wildman–Crippen LogP) is 7.22. The number of carbonyl (C=O) groups excluding carboxylic acids is 1. The molecule has 8 nitrogen and oxygen atoms in total. The number of ketones is 1. The molecule has 46 heavy (non-hydrogen) atoms. The van der Waals surface area contributed by atoms with Crippen LogP contribution in [0.3, 0.4) is 0 Å². The number of Topliss-reactive ketones (excluding diaryl/α,β-unsaturated/α-hetero) is 1. The van der Waals surface area contributed by atoms with Crippen molar-refractivity contribution in [2.75, 3.05) is 26.2 Å². The van der Waals surface area contributed by atoms with Crippen LogP contribution in [0, 0.1) is 17.8 Å². The van der Waals surface area contributed by atoms with Gasteiger partial charge in [-0.2, -0.15) is 0 Å². The third kappa shape index (κ3) is 6.89. The predicted molar refractivity (Wildman–Crippen MR) is 191 cm³/mol. The molecule has 6 fully saturated rings. The van der Waals surface area contributed by atoms with Crippen molar-refractivity contribution in [1.29, 1.82) is 0 Å². The van der Waals surface area contributed by atoms with E-state index in [1.165, 1.54) is 74.5 Å². The van der Waals surface area contributed by atoms with Crippen LogP contribution < -0.4 is 5.73 Å². The zero-order valence-corrected chi connectivity index (χ0v) is 29.6. The minimum absolute atomic E-state index is 0. The number of aromatic carboxylic acids is 1. The Balaban J connectivity index is 0.000000147. The molecule has 10 rings (SSSR count). The number of rotatable bonds is 4. The van der Waals surface area contributed by atoms with Gasteiger partial charge in [0.15, 0.2) is 5.78 Å². The van der Waals surface area contributed by atoms with Crippen molar-refractivity contribution in [3.05, 3.63) is 58.5 Å². The van der Waals surface area contributed by atoms with Crippen LogP contribution in [0.1, 0.15) is 79.1 Å². The summed E-state index contributed by atoms with van der Waals surface area (Å²) in [6.07, 6.45) is 9.30. The van der Waals surface area contributed by atoms with Crippen molar-refractivity contribution >= 4 is 67.3 Å². The topological polar surface area (TPSA) is 113 Å². The highest BCUT2D eigenvalue weighted by molar-refractivity contribution is 7.20. The third-order valence-electron chi connectivity index (χ3n) is 11.0. The number of carboxylic acids is 1. The maximum atomic E-state index is 12.8. The van der Waals surface area contributed by atoms with Gasteiger partial charge in [0.2, 0.25) is 0 Å². The maximum Gasteiger partial charge on any atom is 0.345 e. The van der Waals surface area contributed by atoms with Gasteiger partial charge in [-0.3, -0.25) is 14.6 Å². The Hall–Kier alpha value is -2.47. The lowest BCUT2D eigenvalue weighted by molar-refractivity contribution is -0.0643. The lowest BCUT2D eigenvalue weighted by atomic mass is 9.65. The molecule has 0 amide bonds. The number of hydrogen-bond donors (Lipinski definition) is 2. The zero-order valence-electron chi connectivity index (χ0n) is 27.1. The zero-order chi connectivity index (χ0) is 31.9. The second kappa shape index (κ2) is 13.9. The van der Waals surface area contributed by atoms with Crippen LogP contribution in [-0.4, -0.2) is 79.9 Å². The smallest absolute Gasteiger partial charge is 0.345 e.